The summed E-state index contributed by atoms with van der Waals surface area (Å²) >= 11 is 0. The summed E-state index contributed by atoms with van der Waals surface area (Å²) < 4.78 is 5.12. The van der Waals surface area contributed by atoms with Crippen molar-refractivity contribution in [3.05, 3.63) is 36.0 Å². The Hall–Kier alpha value is -3.03. The molecule has 8 nitrogen and oxygen atoms in total. The van der Waals surface area contributed by atoms with Crippen LogP contribution in [0.4, 0.5) is 4.79 Å². The summed E-state index contributed by atoms with van der Waals surface area (Å²) in [7, 11) is 0. The fourth-order valence-electron chi connectivity index (χ4n) is 2.27. The highest BCUT2D eigenvalue weighted by Gasteiger charge is 2.15. The molecule has 0 fully saturated rings. The summed E-state index contributed by atoms with van der Waals surface area (Å²) in [6.45, 7) is 6.17. The molecule has 2 amide bonds. The first-order valence-corrected chi connectivity index (χ1v) is 8.40. The van der Waals surface area contributed by atoms with Crippen LogP contribution in [0.2, 0.25) is 0 Å². The number of fused-ring (bicyclic) bond motifs is 1. The number of ether oxygens (including phenoxy) is 1. The number of guanidine groups is 1. The molecule has 5 N–H and O–H groups in total. The lowest BCUT2D eigenvalue weighted by Crippen LogP contribution is -2.37. The molecule has 0 aliphatic carbocycles. The quantitative estimate of drug-likeness (QED) is 0.371. The molecule has 0 aliphatic heterocycles. The molecule has 1 heterocycles. The van der Waals surface area contributed by atoms with E-state index >= 15 is 0 Å². The Bertz CT molecular complexity index is 805. The van der Waals surface area contributed by atoms with Crippen molar-refractivity contribution in [1.29, 1.82) is 0 Å². The lowest BCUT2D eigenvalue weighted by atomic mass is 10.1. The molecule has 0 saturated heterocycles. The zero-order valence-electron chi connectivity index (χ0n) is 15.3. The number of H-pyrrole nitrogens is 1. The largest absolute Gasteiger partial charge is 0.444 e. The van der Waals surface area contributed by atoms with Crippen molar-refractivity contribution < 1.29 is 14.3 Å². The summed E-state index contributed by atoms with van der Waals surface area (Å²) in [5, 5.41) is 6.01. The van der Waals surface area contributed by atoms with E-state index < -0.39 is 11.7 Å². The SMILES string of the molecule is CC(C)(C)OC(=O)NCCCN=C(N)NC(=O)c1c[nH]c2ccccc12. The lowest BCUT2D eigenvalue weighted by molar-refractivity contribution is 0.0527. The summed E-state index contributed by atoms with van der Waals surface area (Å²) in [4.78, 5) is 30.9. The highest BCUT2D eigenvalue weighted by Crippen LogP contribution is 2.17. The van der Waals surface area contributed by atoms with E-state index in [2.05, 4.69) is 20.6 Å². The zero-order chi connectivity index (χ0) is 19.2. The third kappa shape index (κ3) is 5.80. The minimum Gasteiger partial charge on any atom is -0.444 e. The Morgan fingerprint density at radius 1 is 1.27 bits per heavy atom. The number of nitrogens with one attached hydrogen (secondary N) is 3. The van der Waals surface area contributed by atoms with Crippen LogP contribution in [-0.4, -0.2) is 41.6 Å². The van der Waals surface area contributed by atoms with Crippen LogP contribution in [0.15, 0.2) is 35.5 Å². The number of hydrogen-bond acceptors (Lipinski definition) is 4. The van der Waals surface area contributed by atoms with E-state index in [1.807, 2.05) is 24.3 Å². The average molecular weight is 359 g/mol. The third-order valence-corrected chi connectivity index (χ3v) is 3.36. The smallest absolute Gasteiger partial charge is 0.407 e. The van der Waals surface area contributed by atoms with Crippen LogP contribution in [-0.2, 0) is 4.74 Å². The number of alkyl carbamates (subject to hydrolysis) is 1. The second kappa shape index (κ2) is 8.37. The summed E-state index contributed by atoms with van der Waals surface area (Å²) in [6.07, 6.45) is 1.74. The van der Waals surface area contributed by atoms with E-state index in [4.69, 9.17) is 10.5 Å². The van der Waals surface area contributed by atoms with Crippen molar-refractivity contribution >= 4 is 28.9 Å². The molecule has 1 aromatic heterocycles. The van der Waals surface area contributed by atoms with Gasteiger partial charge >= 0.3 is 6.09 Å². The van der Waals surface area contributed by atoms with Gasteiger partial charge in [0, 0.05) is 30.2 Å². The second-order valence-electron chi connectivity index (χ2n) is 6.75. The first kappa shape index (κ1) is 19.3. The first-order chi connectivity index (χ1) is 12.3. The molecule has 0 aliphatic rings. The molecule has 140 valence electrons. The van der Waals surface area contributed by atoms with Gasteiger partial charge in [0.1, 0.15) is 5.60 Å². The number of amides is 2. The van der Waals surface area contributed by atoms with Crippen LogP contribution in [0.1, 0.15) is 37.6 Å². The maximum Gasteiger partial charge on any atom is 0.407 e. The number of nitrogens with two attached hydrogens (primary N) is 1. The van der Waals surface area contributed by atoms with Crippen molar-refractivity contribution in [2.24, 2.45) is 10.7 Å². The van der Waals surface area contributed by atoms with Crippen molar-refractivity contribution in [2.75, 3.05) is 13.1 Å². The van der Waals surface area contributed by atoms with E-state index in [1.165, 1.54) is 0 Å². The number of aromatic nitrogens is 1. The predicted molar refractivity (Wildman–Crippen MR) is 101 cm³/mol. The molecule has 0 radical (unpaired) electrons. The van der Waals surface area contributed by atoms with Crippen LogP contribution in [0.25, 0.3) is 10.9 Å². The van der Waals surface area contributed by atoms with E-state index in [-0.39, 0.29) is 11.9 Å². The van der Waals surface area contributed by atoms with Gasteiger partial charge in [-0.25, -0.2) is 4.79 Å². The molecule has 1 aromatic carbocycles. The van der Waals surface area contributed by atoms with Gasteiger partial charge in [-0.15, -0.1) is 0 Å². The fraction of sp³-hybridized carbons (Fsp3) is 0.389. The normalized spacial score (nSPS) is 12.0. The molecule has 0 spiro atoms. The Labute approximate surface area is 152 Å². The third-order valence-electron chi connectivity index (χ3n) is 3.36. The second-order valence-corrected chi connectivity index (χ2v) is 6.75. The van der Waals surface area contributed by atoms with Gasteiger partial charge in [0.2, 0.25) is 0 Å². The topological polar surface area (TPSA) is 122 Å². The molecule has 8 heteroatoms. The Kier molecular flexibility index (Phi) is 6.21. The minimum atomic E-state index is -0.528. The van der Waals surface area contributed by atoms with E-state index in [1.54, 1.807) is 27.0 Å². The molecule has 0 saturated carbocycles. The number of aliphatic imine (C=N–C) groups is 1. The predicted octanol–water partition coefficient (Wildman–Crippen LogP) is 2.13. The monoisotopic (exact) mass is 359 g/mol. The maximum atomic E-state index is 12.3. The van der Waals surface area contributed by atoms with Crippen molar-refractivity contribution in [3.8, 4) is 0 Å². The van der Waals surface area contributed by atoms with Gasteiger partial charge in [-0.1, -0.05) is 18.2 Å². The van der Waals surface area contributed by atoms with E-state index in [9.17, 15) is 9.59 Å². The first-order valence-electron chi connectivity index (χ1n) is 8.40. The number of hydrogen-bond donors (Lipinski definition) is 4. The van der Waals surface area contributed by atoms with Crippen LogP contribution in [0, 0.1) is 0 Å². The Morgan fingerprint density at radius 2 is 2.00 bits per heavy atom. The highest BCUT2D eigenvalue weighted by atomic mass is 16.6. The number of carbonyl (C=O) groups is 2. The lowest BCUT2D eigenvalue weighted by Gasteiger charge is -2.19. The summed E-state index contributed by atoms with van der Waals surface area (Å²) in [6, 6.07) is 7.50. The molecule has 2 aromatic rings. The maximum absolute atomic E-state index is 12.3. The number of aromatic amines is 1. The molecule has 2 rings (SSSR count). The Balaban J connectivity index is 1.76. The van der Waals surface area contributed by atoms with E-state index in [0.29, 0.717) is 25.1 Å². The number of rotatable bonds is 5. The van der Waals surface area contributed by atoms with Crippen molar-refractivity contribution in [2.45, 2.75) is 32.8 Å². The van der Waals surface area contributed by atoms with Crippen LogP contribution >= 0.6 is 0 Å². The summed E-state index contributed by atoms with van der Waals surface area (Å²) in [5.41, 5.74) is 6.60. The molecule has 0 bridgehead atoms. The van der Waals surface area contributed by atoms with E-state index in [0.717, 1.165) is 10.9 Å². The van der Waals surface area contributed by atoms with Gasteiger partial charge in [-0.2, -0.15) is 0 Å². The molecule has 26 heavy (non-hydrogen) atoms. The molecule has 0 atom stereocenters. The Morgan fingerprint density at radius 3 is 2.73 bits per heavy atom. The van der Waals surface area contributed by atoms with Gasteiger partial charge in [0.25, 0.3) is 5.91 Å². The van der Waals surface area contributed by atoms with Crippen molar-refractivity contribution in [3.63, 3.8) is 0 Å². The summed E-state index contributed by atoms with van der Waals surface area (Å²) in [5.74, 6) is -0.284. The van der Waals surface area contributed by atoms with Crippen LogP contribution < -0.4 is 16.4 Å². The molecular formula is C18H25N5O3. The number of nitrogens with zero attached hydrogens (tertiary/aromatic N) is 1. The number of carbonyl (C=O) groups excluding carboxylic acids is 2. The fourth-order valence-corrected chi connectivity index (χ4v) is 2.27. The van der Waals surface area contributed by atoms with Crippen molar-refractivity contribution in [1.82, 2.24) is 15.6 Å². The van der Waals surface area contributed by atoms with Gasteiger partial charge < -0.3 is 20.8 Å². The highest BCUT2D eigenvalue weighted by molar-refractivity contribution is 6.12. The average Bonchev–Trinajstić information content (AvgIpc) is 2.97. The number of para-hydroxylation sites is 1. The molecular weight excluding hydrogens is 334 g/mol. The van der Waals surface area contributed by atoms with Crippen LogP contribution in [0.3, 0.4) is 0 Å². The van der Waals surface area contributed by atoms with Gasteiger partial charge in [-0.05, 0) is 33.3 Å². The number of benzene rings is 1. The standard InChI is InChI=1S/C18H25N5O3/c1-18(2,3)26-17(25)21-10-6-9-20-16(19)23-15(24)13-11-22-14-8-5-4-7-12(13)14/h4-5,7-8,11,22H,6,9-10H2,1-3H3,(H,21,25)(H3,19,20,23,24). The van der Waals surface area contributed by atoms with Gasteiger partial charge in [0.05, 0.1) is 5.56 Å². The minimum absolute atomic E-state index is 0.0394. The van der Waals surface area contributed by atoms with Crippen LogP contribution in [0.5, 0.6) is 0 Å². The van der Waals surface area contributed by atoms with Gasteiger partial charge in [0.15, 0.2) is 5.96 Å². The zero-order valence-corrected chi connectivity index (χ0v) is 15.3. The molecule has 0 unspecified atom stereocenters. The van der Waals surface area contributed by atoms with Gasteiger partial charge in [-0.3, -0.25) is 15.1 Å².